The summed E-state index contributed by atoms with van der Waals surface area (Å²) in [7, 11) is 0. The lowest BCUT2D eigenvalue weighted by atomic mass is 9.94. The molecule has 4 nitrogen and oxygen atoms in total. The maximum absolute atomic E-state index is 12.5. The van der Waals surface area contributed by atoms with Crippen LogP contribution in [0.4, 0.5) is 4.79 Å². The fraction of sp³-hybridized carbons (Fsp3) is 0.444. The molecule has 1 saturated carbocycles. The number of urea groups is 1. The van der Waals surface area contributed by atoms with Crippen LogP contribution in [0, 0.1) is 0 Å². The third-order valence-corrected chi connectivity index (χ3v) is 4.55. The Labute approximate surface area is 131 Å². The fourth-order valence-electron chi connectivity index (χ4n) is 3.24. The van der Waals surface area contributed by atoms with Gasteiger partial charge in [0.1, 0.15) is 5.70 Å². The molecule has 0 atom stereocenters. The normalized spacial score (nSPS) is 21.5. The second kappa shape index (κ2) is 6.34. The van der Waals surface area contributed by atoms with Crippen molar-refractivity contribution in [3.05, 3.63) is 41.1 Å². The molecule has 1 N–H and O–H groups in total. The quantitative estimate of drug-likeness (QED) is 0.686. The molecule has 0 bridgehead atoms. The van der Waals surface area contributed by atoms with Gasteiger partial charge < -0.3 is 5.32 Å². The van der Waals surface area contributed by atoms with Gasteiger partial charge in [0.25, 0.3) is 5.91 Å². The highest BCUT2D eigenvalue weighted by molar-refractivity contribution is 6.14. The predicted octanol–water partition coefficient (Wildman–Crippen LogP) is 3.47. The van der Waals surface area contributed by atoms with E-state index in [-0.39, 0.29) is 18.0 Å². The molecule has 22 heavy (non-hydrogen) atoms. The van der Waals surface area contributed by atoms with Crippen molar-refractivity contribution in [2.45, 2.75) is 51.5 Å². The van der Waals surface area contributed by atoms with E-state index in [4.69, 9.17) is 0 Å². The van der Waals surface area contributed by atoms with Crippen LogP contribution >= 0.6 is 0 Å². The van der Waals surface area contributed by atoms with Gasteiger partial charge in [-0.05, 0) is 36.5 Å². The van der Waals surface area contributed by atoms with Crippen molar-refractivity contribution in [3.8, 4) is 0 Å². The standard InChI is InChI=1S/C18H22N2O2/c1-2-13-8-10-14(11-9-13)12-16-17(21)20(18(22)19-16)15-6-4-3-5-7-15/h8-12,15H,2-7H2,1H3,(H,19,22)/b16-12-. The van der Waals surface area contributed by atoms with Gasteiger partial charge in [0, 0.05) is 6.04 Å². The van der Waals surface area contributed by atoms with Gasteiger partial charge in [0.05, 0.1) is 0 Å². The van der Waals surface area contributed by atoms with Crippen LogP contribution in [0.25, 0.3) is 6.08 Å². The number of benzene rings is 1. The van der Waals surface area contributed by atoms with E-state index in [9.17, 15) is 9.59 Å². The number of amides is 3. The smallest absolute Gasteiger partial charge is 0.303 e. The number of hydrogen-bond donors (Lipinski definition) is 1. The van der Waals surface area contributed by atoms with Crippen molar-refractivity contribution in [2.24, 2.45) is 0 Å². The highest BCUT2D eigenvalue weighted by Gasteiger charge is 2.38. The molecule has 3 amide bonds. The molecule has 0 radical (unpaired) electrons. The lowest BCUT2D eigenvalue weighted by Crippen LogP contribution is -2.41. The molecule has 0 spiro atoms. The molecule has 1 saturated heterocycles. The Hall–Kier alpha value is -2.10. The molecule has 1 aliphatic heterocycles. The van der Waals surface area contributed by atoms with Crippen LogP contribution in [0.1, 0.15) is 50.2 Å². The predicted molar refractivity (Wildman–Crippen MR) is 86.0 cm³/mol. The van der Waals surface area contributed by atoms with Crippen LogP contribution in [0.5, 0.6) is 0 Å². The van der Waals surface area contributed by atoms with Crippen LogP contribution in [-0.4, -0.2) is 22.9 Å². The van der Waals surface area contributed by atoms with Crippen molar-refractivity contribution < 1.29 is 9.59 Å². The molecular formula is C18H22N2O2. The maximum atomic E-state index is 12.5. The average Bonchev–Trinajstić information content (AvgIpc) is 2.83. The Morgan fingerprint density at radius 3 is 2.45 bits per heavy atom. The van der Waals surface area contributed by atoms with E-state index in [1.165, 1.54) is 16.9 Å². The number of rotatable bonds is 3. The van der Waals surface area contributed by atoms with Crippen molar-refractivity contribution in [1.82, 2.24) is 10.2 Å². The lowest BCUT2D eigenvalue weighted by molar-refractivity contribution is -0.124. The van der Waals surface area contributed by atoms with E-state index >= 15 is 0 Å². The van der Waals surface area contributed by atoms with Crippen molar-refractivity contribution in [3.63, 3.8) is 0 Å². The molecule has 1 aromatic rings. The zero-order valence-corrected chi connectivity index (χ0v) is 13.0. The summed E-state index contributed by atoms with van der Waals surface area (Å²) >= 11 is 0. The molecule has 4 heteroatoms. The van der Waals surface area contributed by atoms with Gasteiger partial charge in [-0.25, -0.2) is 4.79 Å². The summed E-state index contributed by atoms with van der Waals surface area (Å²) in [6.45, 7) is 2.11. The molecular weight excluding hydrogens is 276 g/mol. The van der Waals surface area contributed by atoms with Crippen LogP contribution in [0.15, 0.2) is 30.0 Å². The second-order valence-electron chi connectivity index (χ2n) is 6.05. The van der Waals surface area contributed by atoms with Crippen LogP contribution < -0.4 is 5.32 Å². The van der Waals surface area contributed by atoms with Gasteiger partial charge in [-0.15, -0.1) is 0 Å². The van der Waals surface area contributed by atoms with Crippen molar-refractivity contribution in [1.29, 1.82) is 0 Å². The molecule has 3 rings (SSSR count). The fourth-order valence-corrected chi connectivity index (χ4v) is 3.24. The first-order valence-corrected chi connectivity index (χ1v) is 8.14. The van der Waals surface area contributed by atoms with Gasteiger partial charge in [0.15, 0.2) is 0 Å². The van der Waals surface area contributed by atoms with Gasteiger partial charge in [-0.1, -0.05) is 50.5 Å². The second-order valence-corrected chi connectivity index (χ2v) is 6.05. The Morgan fingerprint density at radius 1 is 1.14 bits per heavy atom. The third kappa shape index (κ3) is 2.91. The Kier molecular flexibility index (Phi) is 4.27. The summed E-state index contributed by atoms with van der Waals surface area (Å²) < 4.78 is 0. The summed E-state index contributed by atoms with van der Waals surface area (Å²) in [5, 5.41) is 2.73. The number of nitrogens with zero attached hydrogens (tertiary/aromatic N) is 1. The number of aryl methyl sites for hydroxylation is 1. The topological polar surface area (TPSA) is 49.4 Å². The molecule has 0 aromatic heterocycles. The van der Waals surface area contributed by atoms with Crippen molar-refractivity contribution >= 4 is 18.0 Å². The third-order valence-electron chi connectivity index (χ3n) is 4.55. The minimum atomic E-state index is -0.270. The summed E-state index contributed by atoms with van der Waals surface area (Å²) in [6, 6.07) is 7.85. The molecule has 2 aliphatic rings. The number of nitrogens with one attached hydrogen (secondary N) is 1. The monoisotopic (exact) mass is 298 g/mol. The molecule has 0 unspecified atom stereocenters. The molecule has 2 fully saturated rings. The van der Waals surface area contributed by atoms with Crippen LogP contribution in [0.2, 0.25) is 0 Å². The summed E-state index contributed by atoms with van der Waals surface area (Å²) in [5.41, 5.74) is 2.58. The highest BCUT2D eigenvalue weighted by atomic mass is 16.2. The Morgan fingerprint density at radius 2 is 1.82 bits per heavy atom. The van der Waals surface area contributed by atoms with Gasteiger partial charge in [-0.2, -0.15) is 0 Å². The number of carbonyl (C=O) groups is 2. The number of carbonyl (C=O) groups excluding carboxylic acids is 2. The Balaban J connectivity index is 1.78. The van der Waals surface area contributed by atoms with E-state index in [1.807, 2.05) is 24.3 Å². The number of imide groups is 1. The molecule has 1 aliphatic carbocycles. The van der Waals surface area contributed by atoms with Crippen LogP contribution in [0.3, 0.4) is 0 Å². The van der Waals surface area contributed by atoms with E-state index in [0.29, 0.717) is 5.70 Å². The van der Waals surface area contributed by atoms with E-state index in [1.54, 1.807) is 6.08 Å². The van der Waals surface area contributed by atoms with Crippen LogP contribution in [-0.2, 0) is 11.2 Å². The van der Waals surface area contributed by atoms with E-state index in [0.717, 1.165) is 37.7 Å². The maximum Gasteiger partial charge on any atom is 0.329 e. The first-order chi connectivity index (χ1) is 10.7. The SMILES string of the molecule is CCc1ccc(/C=C2\NC(=O)N(C3CCCCC3)C2=O)cc1. The average molecular weight is 298 g/mol. The van der Waals surface area contributed by atoms with E-state index < -0.39 is 0 Å². The van der Waals surface area contributed by atoms with Gasteiger partial charge >= 0.3 is 6.03 Å². The Bertz CT molecular complexity index is 598. The summed E-state index contributed by atoms with van der Waals surface area (Å²) in [6.07, 6.45) is 8.00. The van der Waals surface area contributed by atoms with Gasteiger partial charge in [0.2, 0.25) is 0 Å². The highest BCUT2D eigenvalue weighted by Crippen LogP contribution is 2.26. The first-order valence-electron chi connectivity index (χ1n) is 8.14. The summed E-state index contributed by atoms with van der Waals surface area (Å²) in [5.74, 6) is -0.184. The minimum absolute atomic E-state index is 0.0645. The molecule has 1 heterocycles. The minimum Gasteiger partial charge on any atom is -0.303 e. The molecule has 116 valence electrons. The zero-order chi connectivity index (χ0) is 15.5. The number of hydrogen-bond acceptors (Lipinski definition) is 2. The first kappa shape index (κ1) is 14.8. The van der Waals surface area contributed by atoms with Crippen molar-refractivity contribution in [2.75, 3.05) is 0 Å². The molecule has 1 aromatic carbocycles. The van der Waals surface area contributed by atoms with Gasteiger partial charge in [-0.3, -0.25) is 9.69 Å². The summed E-state index contributed by atoms with van der Waals surface area (Å²) in [4.78, 5) is 26.1. The van der Waals surface area contributed by atoms with E-state index in [2.05, 4.69) is 12.2 Å². The largest absolute Gasteiger partial charge is 0.329 e. The zero-order valence-electron chi connectivity index (χ0n) is 13.0. The lowest BCUT2D eigenvalue weighted by Gasteiger charge is -2.28.